The quantitative estimate of drug-likeness (QED) is 0.372. The van der Waals surface area contributed by atoms with Crippen molar-refractivity contribution in [1.82, 2.24) is 4.90 Å². The van der Waals surface area contributed by atoms with Crippen molar-refractivity contribution in [3.8, 4) is 0 Å². The molecule has 84 valence electrons. The lowest BCUT2D eigenvalue weighted by Crippen LogP contribution is -2.31. The molecule has 0 N–H and O–H groups in total. The summed E-state index contributed by atoms with van der Waals surface area (Å²) in [7, 11) is 0. The summed E-state index contributed by atoms with van der Waals surface area (Å²) in [6.45, 7) is 11.1. The van der Waals surface area contributed by atoms with Crippen molar-refractivity contribution in [3.05, 3.63) is 36.5 Å². The highest BCUT2D eigenvalue weighted by atomic mass is 16.2. The topological polar surface area (TPSA) is 20.3 Å². The second-order valence-electron chi connectivity index (χ2n) is 3.18. The molecule has 0 aliphatic rings. The third kappa shape index (κ3) is 4.63. The number of carbonyl (C=O) groups excluding carboxylic acids is 1. The van der Waals surface area contributed by atoms with Crippen molar-refractivity contribution < 1.29 is 4.79 Å². The van der Waals surface area contributed by atoms with E-state index in [0.29, 0.717) is 6.42 Å². The van der Waals surface area contributed by atoms with Crippen LogP contribution in [-0.2, 0) is 4.79 Å². The largest absolute Gasteiger partial charge is 0.339 e. The molecule has 0 unspecified atom stereocenters. The smallest absolute Gasteiger partial charge is 0.250 e. The first-order valence-corrected chi connectivity index (χ1v) is 5.43. The summed E-state index contributed by atoms with van der Waals surface area (Å²) in [4.78, 5) is 13.8. The first-order chi connectivity index (χ1) is 7.21. The first-order valence-electron chi connectivity index (χ1n) is 5.43. The zero-order valence-electron chi connectivity index (χ0n) is 9.99. The van der Waals surface area contributed by atoms with Gasteiger partial charge < -0.3 is 4.90 Å². The molecule has 0 aromatic heterocycles. The molecule has 0 bridgehead atoms. The molecule has 0 aliphatic heterocycles. The maximum atomic E-state index is 12.0. The van der Waals surface area contributed by atoms with Gasteiger partial charge >= 0.3 is 0 Å². The minimum absolute atomic E-state index is 0.109. The number of amides is 1. The molecule has 2 heteroatoms. The Morgan fingerprint density at radius 2 is 1.93 bits per heavy atom. The van der Waals surface area contributed by atoms with Crippen LogP contribution in [0.1, 0.15) is 27.2 Å². The summed E-state index contributed by atoms with van der Waals surface area (Å²) < 4.78 is 0. The summed E-state index contributed by atoms with van der Waals surface area (Å²) in [5.41, 5.74) is 0.798. The Morgan fingerprint density at radius 1 is 1.33 bits per heavy atom. The van der Waals surface area contributed by atoms with E-state index in [2.05, 4.69) is 6.58 Å². The second-order valence-corrected chi connectivity index (χ2v) is 3.18. The highest BCUT2D eigenvalue weighted by Gasteiger charge is 2.13. The molecule has 0 atom stereocenters. The van der Waals surface area contributed by atoms with Gasteiger partial charge in [0, 0.05) is 18.7 Å². The third-order valence-corrected chi connectivity index (χ3v) is 2.22. The van der Waals surface area contributed by atoms with Crippen LogP contribution in [0.3, 0.4) is 0 Å². The normalized spacial score (nSPS) is 11.8. The first kappa shape index (κ1) is 13.7. The average molecular weight is 207 g/mol. The number of allylic oxidation sites excluding steroid dienone is 4. The van der Waals surface area contributed by atoms with E-state index in [-0.39, 0.29) is 5.91 Å². The SMILES string of the molecule is C=C/C=C(\C/C=C\C)C(=O)N(CC)CC. The standard InChI is InChI=1S/C13H21NO/c1-5-9-11-12(10-6-2)13(15)14(7-3)8-4/h5-6,9-10H,2,7-8,11H2,1,3-4H3/b9-5-,12-10+. The molecule has 0 radical (unpaired) electrons. The lowest BCUT2D eigenvalue weighted by Gasteiger charge is -2.19. The van der Waals surface area contributed by atoms with Gasteiger partial charge in [0.15, 0.2) is 0 Å². The van der Waals surface area contributed by atoms with Gasteiger partial charge in [-0.3, -0.25) is 4.79 Å². The van der Waals surface area contributed by atoms with Crippen LogP contribution in [0.5, 0.6) is 0 Å². The Kier molecular flexibility index (Phi) is 7.33. The molecular weight excluding hydrogens is 186 g/mol. The van der Waals surface area contributed by atoms with E-state index >= 15 is 0 Å². The third-order valence-electron chi connectivity index (χ3n) is 2.22. The van der Waals surface area contributed by atoms with Gasteiger partial charge in [-0.25, -0.2) is 0 Å². The minimum Gasteiger partial charge on any atom is -0.339 e. The molecule has 0 fully saturated rings. The van der Waals surface area contributed by atoms with Crippen LogP contribution in [0, 0.1) is 0 Å². The van der Waals surface area contributed by atoms with Gasteiger partial charge in [0.1, 0.15) is 0 Å². The van der Waals surface area contributed by atoms with Crippen LogP contribution in [0.25, 0.3) is 0 Å². The lowest BCUT2D eigenvalue weighted by molar-refractivity contribution is -0.126. The maximum absolute atomic E-state index is 12.0. The molecule has 0 aliphatic carbocycles. The summed E-state index contributed by atoms with van der Waals surface area (Å²) in [6.07, 6.45) is 8.07. The van der Waals surface area contributed by atoms with Crippen molar-refractivity contribution in [1.29, 1.82) is 0 Å². The lowest BCUT2D eigenvalue weighted by atomic mass is 10.1. The van der Waals surface area contributed by atoms with E-state index in [1.54, 1.807) is 12.2 Å². The average Bonchev–Trinajstić information content (AvgIpc) is 2.25. The van der Waals surface area contributed by atoms with E-state index in [4.69, 9.17) is 0 Å². The van der Waals surface area contributed by atoms with E-state index in [1.165, 1.54) is 0 Å². The predicted molar refractivity (Wildman–Crippen MR) is 65.6 cm³/mol. The molecule has 0 rings (SSSR count). The van der Waals surface area contributed by atoms with E-state index in [9.17, 15) is 4.79 Å². The van der Waals surface area contributed by atoms with Crippen LogP contribution in [0.4, 0.5) is 0 Å². The van der Waals surface area contributed by atoms with Crippen LogP contribution >= 0.6 is 0 Å². The van der Waals surface area contributed by atoms with Crippen LogP contribution in [-0.4, -0.2) is 23.9 Å². The van der Waals surface area contributed by atoms with Gasteiger partial charge in [0.25, 0.3) is 0 Å². The van der Waals surface area contributed by atoms with Gasteiger partial charge in [-0.05, 0) is 27.2 Å². The summed E-state index contributed by atoms with van der Waals surface area (Å²) in [6, 6.07) is 0. The maximum Gasteiger partial charge on any atom is 0.250 e. The van der Waals surface area contributed by atoms with Crippen LogP contribution in [0.2, 0.25) is 0 Å². The number of likely N-dealkylation sites (N-methyl/N-ethyl adjacent to an activating group) is 1. The molecule has 0 saturated heterocycles. The Morgan fingerprint density at radius 3 is 2.33 bits per heavy atom. The Labute approximate surface area is 93.0 Å². The number of hydrogen-bond acceptors (Lipinski definition) is 1. The fourth-order valence-electron chi connectivity index (χ4n) is 1.33. The zero-order chi connectivity index (χ0) is 11.7. The van der Waals surface area contributed by atoms with Crippen molar-refractivity contribution in [2.75, 3.05) is 13.1 Å². The molecule has 2 nitrogen and oxygen atoms in total. The Hall–Kier alpha value is -1.31. The molecule has 0 saturated carbocycles. The fourth-order valence-corrected chi connectivity index (χ4v) is 1.33. The molecular formula is C13H21NO. The molecule has 0 aromatic carbocycles. The molecule has 0 heterocycles. The number of nitrogens with zero attached hydrogens (tertiary/aromatic N) is 1. The van der Waals surface area contributed by atoms with Gasteiger partial charge in [0.05, 0.1) is 0 Å². The van der Waals surface area contributed by atoms with Crippen molar-refractivity contribution in [2.45, 2.75) is 27.2 Å². The molecule has 0 spiro atoms. The zero-order valence-corrected chi connectivity index (χ0v) is 9.99. The van der Waals surface area contributed by atoms with E-state index < -0.39 is 0 Å². The van der Waals surface area contributed by atoms with Crippen molar-refractivity contribution >= 4 is 5.91 Å². The van der Waals surface area contributed by atoms with Crippen molar-refractivity contribution in [2.24, 2.45) is 0 Å². The monoisotopic (exact) mass is 207 g/mol. The van der Waals surface area contributed by atoms with Gasteiger partial charge in [-0.2, -0.15) is 0 Å². The van der Waals surface area contributed by atoms with Gasteiger partial charge in [-0.1, -0.05) is 30.9 Å². The highest BCUT2D eigenvalue weighted by Crippen LogP contribution is 2.08. The summed E-state index contributed by atoms with van der Waals surface area (Å²) in [5, 5.41) is 0. The van der Waals surface area contributed by atoms with Crippen LogP contribution in [0.15, 0.2) is 36.5 Å². The molecule has 1 amide bonds. The van der Waals surface area contributed by atoms with Crippen LogP contribution < -0.4 is 0 Å². The summed E-state index contributed by atoms with van der Waals surface area (Å²) in [5.74, 6) is 0.109. The fraction of sp³-hybridized carbons (Fsp3) is 0.462. The number of hydrogen-bond donors (Lipinski definition) is 0. The number of rotatable bonds is 6. The highest BCUT2D eigenvalue weighted by molar-refractivity contribution is 5.93. The minimum atomic E-state index is 0.109. The van der Waals surface area contributed by atoms with Gasteiger partial charge in [-0.15, -0.1) is 0 Å². The number of carbonyl (C=O) groups is 1. The summed E-state index contributed by atoms with van der Waals surface area (Å²) >= 11 is 0. The van der Waals surface area contributed by atoms with E-state index in [0.717, 1.165) is 18.7 Å². The Balaban J connectivity index is 4.68. The molecule has 15 heavy (non-hydrogen) atoms. The van der Waals surface area contributed by atoms with Gasteiger partial charge in [0.2, 0.25) is 5.91 Å². The van der Waals surface area contributed by atoms with Crippen molar-refractivity contribution in [3.63, 3.8) is 0 Å². The molecule has 0 aromatic rings. The van der Waals surface area contributed by atoms with E-state index in [1.807, 2.05) is 37.8 Å². The Bertz CT molecular complexity index is 260. The predicted octanol–water partition coefficient (Wildman–Crippen LogP) is 2.93. The second kappa shape index (κ2) is 8.04.